The van der Waals surface area contributed by atoms with Crippen molar-refractivity contribution in [2.75, 3.05) is 27.4 Å². The number of aliphatic hydroxyl groups excluding tert-OH is 1. The zero-order valence-electron chi connectivity index (χ0n) is 10.3. The third-order valence-corrected chi connectivity index (χ3v) is 2.51. The van der Waals surface area contributed by atoms with E-state index in [1.807, 2.05) is 6.11 Å². The summed E-state index contributed by atoms with van der Waals surface area (Å²) in [4.78, 5) is 0. The third-order valence-electron chi connectivity index (χ3n) is 2.19. The molecule has 4 nitrogen and oxygen atoms in total. The van der Waals surface area contributed by atoms with E-state index in [0.717, 1.165) is 6.42 Å². The monoisotopic (exact) mass is 270 g/mol. The van der Waals surface area contributed by atoms with Gasteiger partial charge in [0.15, 0.2) is 11.5 Å². The molecule has 1 aromatic rings. The molecule has 0 amide bonds. The van der Waals surface area contributed by atoms with Crippen molar-refractivity contribution in [3.8, 4) is 23.5 Å². The average Bonchev–Trinajstić information content (AvgIpc) is 2.38. The second kappa shape index (κ2) is 7.70. The highest BCUT2D eigenvalue weighted by Crippen LogP contribution is 2.33. The van der Waals surface area contributed by atoms with Gasteiger partial charge >= 0.3 is 0 Å². The maximum absolute atomic E-state index is 8.60. The van der Waals surface area contributed by atoms with Crippen LogP contribution >= 0.6 is 11.6 Å². The van der Waals surface area contributed by atoms with Gasteiger partial charge in [-0.25, -0.2) is 0 Å². The van der Waals surface area contributed by atoms with Crippen molar-refractivity contribution >= 4 is 11.6 Å². The standard InChI is InChI=1S/C13H15ClO4/c1-16-6-3-7-18-13-8-10(4-5-15)11(14)9-12(13)17-2/h8-9,15H,3,6-7H2,1-2H3. The van der Waals surface area contributed by atoms with Crippen LogP contribution < -0.4 is 9.47 Å². The van der Waals surface area contributed by atoms with Crippen LogP contribution in [0.4, 0.5) is 0 Å². The third kappa shape index (κ3) is 4.02. The molecule has 0 fully saturated rings. The van der Waals surface area contributed by atoms with E-state index in [-0.39, 0.29) is 0 Å². The fourth-order valence-corrected chi connectivity index (χ4v) is 1.55. The number of benzene rings is 1. The van der Waals surface area contributed by atoms with Crippen LogP contribution in [-0.2, 0) is 4.74 Å². The molecular formula is C13H15ClO4. The fraction of sp³-hybridized carbons (Fsp3) is 0.385. The Morgan fingerprint density at radius 1 is 1.22 bits per heavy atom. The summed E-state index contributed by atoms with van der Waals surface area (Å²) >= 11 is 5.97. The Bertz CT molecular complexity index is 448. The number of halogens is 1. The fourth-order valence-electron chi connectivity index (χ4n) is 1.35. The number of hydrogen-bond acceptors (Lipinski definition) is 4. The van der Waals surface area contributed by atoms with E-state index in [1.54, 1.807) is 19.2 Å². The van der Waals surface area contributed by atoms with Crippen molar-refractivity contribution in [3.63, 3.8) is 0 Å². The van der Waals surface area contributed by atoms with E-state index < -0.39 is 0 Å². The molecule has 0 aliphatic carbocycles. The summed E-state index contributed by atoms with van der Waals surface area (Å²) in [5.74, 6) is 3.55. The lowest BCUT2D eigenvalue weighted by Crippen LogP contribution is -2.03. The summed E-state index contributed by atoms with van der Waals surface area (Å²) in [5, 5.41) is 9.00. The van der Waals surface area contributed by atoms with Crippen LogP contribution in [0.1, 0.15) is 12.0 Å². The van der Waals surface area contributed by atoms with Gasteiger partial charge in [0, 0.05) is 32.3 Å². The molecule has 0 heterocycles. The Balaban J connectivity index is 2.85. The zero-order valence-corrected chi connectivity index (χ0v) is 11.1. The second-order valence-electron chi connectivity index (χ2n) is 3.41. The topological polar surface area (TPSA) is 47.9 Å². The summed E-state index contributed by atoms with van der Waals surface area (Å²) in [6, 6.07) is 3.24. The van der Waals surface area contributed by atoms with E-state index >= 15 is 0 Å². The lowest BCUT2D eigenvalue weighted by Gasteiger charge is -2.11. The summed E-state index contributed by atoms with van der Waals surface area (Å²) in [6.07, 6.45) is 2.58. The van der Waals surface area contributed by atoms with Gasteiger partial charge in [-0.2, -0.15) is 0 Å². The number of rotatable bonds is 6. The molecule has 1 rings (SSSR count). The number of aliphatic hydroxyl groups is 1. The molecule has 1 aromatic carbocycles. The smallest absolute Gasteiger partial charge is 0.162 e. The highest BCUT2D eigenvalue weighted by molar-refractivity contribution is 6.32. The lowest BCUT2D eigenvalue weighted by molar-refractivity contribution is 0.170. The SMILES string of the molecule is COCCCOc1cc(C#CO)c(Cl)cc1OC. The second-order valence-corrected chi connectivity index (χ2v) is 3.82. The van der Waals surface area contributed by atoms with Crippen molar-refractivity contribution in [3.05, 3.63) is 22.7 Å². The molecule has 0 aliphatic heterocycles. The van der Waals surface area contributed by atoms with Gasteiger partial charge in [-0.1, -0.05) is 11.6 Å². The highest BCUT2D eigenvalue weighted by atomic mass is 35.5. The lowest BCUT2D eigenvalue weighted by atomic mass is 10.2. The Hall–Kier alpha value is -1.57. The number of ether oxygens (including phenoxy) is 3. The largest absolute Gasteiger partial charge is 0.493 e. The van der Waals surface area contributed by atoms with Crippen LogP contribution in [0.5, 0.6) is 11.5 Å². The molecular weight excluding hydrogens is 256 g/mol. The molecule has 0 saturated heterocycles. The minimum atomic E-state index is 0.401. The van der Waals surface area contributed by atoms with E-state index in [2.05, 4.69) is 5.92 Å². The minimum absolute atomic E-state index is 0.401. The van der Waals surface area contributed by atoms with Crippen LogP contribution in [0, 0.1) is 12.0 Å². The summed E-state index contributed by atoms with van der Waals surface area (Å²) in [6.45, 7) is 1.12. The minimum Gasteiger partial charge on any atom is -0.493 e. The highest BCUT2D eigenvalue weighted by Gasteiger charge is 2.09. The molecule has 18 heavy (non-hydrogen) atoms. The molecule has 0 aliphatic rings. The Labute approximate surface area is 111 Å². The summed E-state index contributed by atoms with van der Waals surface area (Å²) in [7, 11) is 3.17. The first kappa shape index (κ1) is 14.5. The predicted octanol–water partition coefficient (Wildman–Crippen LogP) is 2.45. The number of hydrogen-bond donors (Lipinski definition) is 1. The van der Waals surface area contributed by atoms with Crippen LogP contribution in [0.25, 0.3) is 0 Å². The first-order valence-corrected chi connectivity index (χ1v) is 5.75. The Morgan fingerprint density at radius 3 is 2.61 bits per heavy atom. The summed E-state index contributed by atoms with van der Waals surface area (Å²) < 4.78 is 15.7. The Kier molecular flexibility index (Phi) is 6.20. The van der Waals surface area contributed by atoms with Gasteiger partial charge in [0.1, 0.15) is 6.11 Å². The van der Waals surface area contributed by atoms with Gasteiger partial charge in [0.25, 0.3) is 0 Å². The van der Waals surface area contributed by atoms with Crippen LogP contribution in [0.2, 0.25) is 5.02 Å². The van der Waals surface area contributed by atoms with Crippen molar-refractivity contribution in [2.24, 2.45) is 0 Å². The zero-order chi connectivity index (χ0) is 13.4. The van der Waals surface area contributed by atoms with Gasteiger partial charge in [0.05, 0.1) is 24.3 Å². The maximum Gasteiger partial charge on any atom is 0.162 e. The predicted molar refractivity (Wildman–Crippen MR) is 68.8 cm³/mol. The normalized spacial score (nSPS) is 9.50. The molecule has 0 atom stereocenters. The van der Waals surface area contributed by atoms with Gasteiger partial charge in [-0.05, 0) is 5.92 Å². The molecule has 0 spiro atoms. The van der Waals surface area contributed by atoms with Crippen LogP contribution in [0.15, 0.2) is 12.1 Å². The van der Waals surface area contributed by atoms with Gasteiger partial charge in [0.2, 0.25) is 0 Å². The van der Waals surface area contributed by atoms with Crippen molar-refractivity contribution < 1.29 is 19.3 Å². The molecule has 0 aromatic heterocycles. The maximum atomic E-state index is 8.60. The van der Waals surface area contributed by atoms with Gasteiger partial charge < -0.3 is 19.3 Å². The molecule has 0 saturated carbocycles. The molecule has 5 heteroatoms. The first-order valence-electron chi connectivity index (χ1n) is 5.37. The molecule has 1 N–H and O–H groups in total. The van der Waals surface area contributed by atoms with Gasteiger partial charge in [-0.15, -0.1) is 0 Å². The molecule has 98 valence electrons. The average molecular weight is 271 g/mol. The summed E-state index contributed by atoms with van der Waals surface area (Å²) in [5.41, 5.74) is 0.488. The molecule has 0 unspecified atom stereocenters. The van der Waals surface area contributed by atoms with E-state index in [4.69, 9.17) is 30.9 Å². The van der Waals surface area contributed by atoms with E-state index in [1.165, 1.54) is 7.11 Å². The number of methoxy groups -OCH3 is 2. The first-order chi connectivity index (χ1) is 8.72. The van der Waals surface area contributed by atoms with Crippen molar-refractivity contribution in [1.82, 2.24) is 0 Å². The van der Waals surface area contributed by atoms with Crippen molar-refractivity contribution in [2.45, 2.75) is 6.42 Å². The van der Waals surface area contributed by atoms with Crippen molar-refractivity contribution in [1.29, 1.82) is 0 Å². The van der Waals surface area contributed by atoms with Crippen LogP contribution in [-0.4, -0.2) is 32.5 Å². The van der Waals surface area contributed by atoms with Crippen LogP contribution in [0.3, 0.4) is 0 Å². The quantitative estimate of drug-likeness (QED) is 0.637. The van der Waals surface area contributed by atoms with E-state index in [9.17, 15) is 0 Å². The molecule has 0 bridgehead atoms. The Morgan fingerprint density at radius 2 is 2.00 bits per heavy atom. The van der Waals surface area contributed by atoms with E-state index in [0.29, 0.717) is 35.3 Å². The molecule has 0 radical (unpaired) electrons. The van der Waals surface area contributed by atoms with Gasteiger partial charge in [-0.3, -0.25) is 0 Å².